The van der Waals surface area contributed by atoms with Gasteiger partial charge in [-0.3, -0.25) is 0 Å². The molecule has 1 rings (SSSR count). The van der Waals surface area contributed by atoms with Gasteiger partial charge in [-0.25, -0.2) is 9.78 Å². The van der Waals surface area contributed by atoms with E-state index in [9.17, 15) is 18.0 Å². The molecule has 0 saturated heterocycles. The molecule has 0 aliphatic rings. The van der Waals surface area contributed by atoms with Crippen LogP contribution in [0.1, 0.15) is 23.0 Å². The van der Waals surface area contributed by atoms with Gasteiger partial charge in [-0.05, 0) is 28.9 Å². The molecule has 2 N–H and O–H groups in total. The average Bonchev–Trinajstić information content (AvgIpc) is 2.19. The fourth-order valence-electron chi connectivity index (χ4n) is 1.07. The van der Waals surface area contributed by atoms with Crippen molar-refractivity contribution in [2.24, 2.45) is 0 Å². The Morgan fingerprint density at radius 1 is 1.59 bits per heavy atom. The van der Waals surface area contributed by atoms with Crippen LogP contribution in [0.4, 0.5) is 18.9 Å². The number of hydrogen-bond donors (Lipinski definition) is 1. The van der Waals surface area contributed by atoms with Crippen molar-refractivity contribution in [3.63, 3.8) is 0 Å². The number of esters is 1. The van der Waals surface area contributed by atoms with Gasteiger partial charge in [0.2, 0.25) is 0 Å². The van der Waals surface area contributed by atoms with Crippen molar-refractivity contribution in [1.29, 1.82) is 0 Å². The van der Waals surface area contributed by atoms with Crippen LogP contribution in [0.5, 0.6) is 0 Å². The van der Waals surface area contributed by atoms with Crippen molar-refractivity contribution in [1.82, 2.24) is 4.98 Å². The number of anilines is 1. The molecule has 0 unspecified atom stereocenters. The summed E-state index contributed by atoms with van der Waals surface area (Å²) in [5, 5.41) is 0. The lowest BCUT2D eigenvalue weighted by Crippen LogP contribution is -2.15. The van der Waals surface area contributed by atoms with Crippen LogP contribution >= 0.6 is 15.9 Å². The molecule has 0 spiro atoms. The van der Waals surface area contributed by atoms with Crippen LogP contribution in [0.3, 0.4) is 0 Å². The first-order chi connectivity index (χ1) is 7.77. The van der Waals surface area contributed by atoms with Gasteiger partial charge < -0.3 is 10.5 Å². The number of nitrogens with zero attached hydrogens (tertiary/aromatic N) is 1. The summed E-state index contributed by atoms with van der Waals surface area (Å²) in [6, 6.07) is 0.642. The molecule has 94 valence electrons. The Hall–Kier alpha value is -1.31. The first kappa shape index (κ1) is 13.8. The number of hydrogen-bond acceptors (Lipinski definition) is 4. The maximum atomic E-state index is 12.5. The van der Waals surface area contributed by atoms with E-state index < -0.39 is 22.3 Å². The Kier molecular flexibility index (Phi) is 3.97. The van der Waals surface area contributed by atoms with Crippen molar-refractivity contribution in [3.8, 4) is 0 Å². The van der Waals surface area contributed by atoms with Crippen LogP contribution in [0, 0.1) is 0 Å². The van der Waals surface area contributed by atoms with E-state index in [4.69, 9.17) is 5.73 Å². The number of halogens is 4. The molecule has 1 aromatic rings. The minimum Gasteiger partial charge on any atom is -0.461 e. The predicted octanol–water partition coefficient (Wildman–Crippen LogP) is 2.62. The topological polar surface area (TPSA) is 65.2 Å². The van der Waals surface area contributed by atoms with Crippen molar-refractivity contribution >= 4 is 27.6 Å². The number of carbonyl (C=O) groups excluding carboxylic acids is 1. The van der Waals surface area contributed by atoms with Gasteiger partial charge in [0, 0.05) is 0 Å². The summed E-state index contributed by atoms with van der Waals surface area (Å²) < 4.78 is 41.5. The van der Waals surface area contributed by atoms with Crippen molar-refractivity contribution in [2.75, 3.05) is 12.3 Å². The zero-order valence-corrected chi connectivity index (χ0v) is 10.2. The Morgan fingerprint density at radius 3 is 2.65 bits per heavy atom. The molecular formula is C9H8BrF3N2O2. The molecule has 0 aromatic carbocycles. The Morgan fingerprint density at radius 2 is 2.18 bits per heavy atom. The van der Waals surface area contributed by atoms with E-state index in [0.717, 1.165) is 0 Å². The standard InChI is InChI=1S/C9H8BrF3N2O2/c1-2-17-8(16)6-5(14)3-4(7(10)15-6)9(11,12)13/h3H,2,14H2,1H3. The highest BCUT2D eigenvalue weighted by atomic mass is 79.9. The van der Waals surface area contributed by atoms with Gasteiger partial charge in [0.25, 0.3) is 0 Å². The summed E-state index contributed by atoms with van der Waals surface area (Å²) in [4.78, 5) is 14.8. The number of ether oxygens (including phenoxy) is 1. The lowest BCUT2D eigenvalue weighted by molar-refractivity contribution is -0.138. The summed E-state index contributed by atoms with van der Waals surface area (Å²) >= 11 is 2.64. The number of nitrogen functional groups attached to an aromatic ring is 1. The Balaban J connectivity index is 3.23. The van der Waals surface area contributed by atoms with Gasteiger partial charge in [-0.15, -0.1) is 0 Å². The van der Waals surface area contributed by atoms with E-state index in [1.54, 1.807) is 6.92 Å². The number of pyridine rings is 1. The summed E-state index contributed by atoms with van der Waals surface area (Å²) in [5.74, 6) is -0.862. The monoisotopic (exact) mass is 312 g/mol. The second-order valence-electron chi connectivity index (χ2n) is 2.98. The van der Waals surface area contributed by atoms with E-state index in [0.29, 0.717) is 6.07 Å². The fourth-order valence-corrected chi connectivity index (χ4v) is 1.58. The molecular weight excluding hydrogens is 305 g/mol. The van der Waals surface area contributed by atoms with Crippen LogP contribution in [0.25, 0.3) is 0 Å². The summed E-state index contributed by atoms with van der Waals surface area (Å²) in [5.41, 5.74) is 3.58. The highest BCUT2D eigenvalue weighted by Crippen LogP contribution is 2.35. The first-order valence-corrected chi connectivity index (χ1v) is 5.27. The van der Waals surface area contributed by atoms with Crippen molar-refractivity contribution in [3.05, 3.63) is 21.9 Å². The normalized spacial score (nSPS) is 11.4. The second kappa shape index (κ2) is 4.91. The lowest BCUT2D eigenvalue weighted by Gasteiger charge is -2.11. The molecule has 0 amide bonds. The highest BCUT2D eigenvalue weighted by molar-refractivity contribution is 9.10. The number of nitrogens with two attached hydrogens (primary N) is 1. The molecule has 0 bridgehead atoms. The minimum atomic E-state index is -4.59. The first-order valence-electron chi connectivity index (χ1n) is 4.47. The Labute approximate surface area is 103 Å². The molecule has 0 saturated carbocycles. The van der Waals surface area contributed by atoms with E-state index in [1.807, 2.05) is 0 Å². The third-order valence-corrected chi connectivity index (χ3v) is 2.38. The second-order valence-corrected chi connectivity index (χ2v) is 3.73. The summed E-state index contributed by atoms with van der Waals surface area (Å²) in [6.45, 7) is 1.64. The lowest BCUT2D eigenvalue weighted by atomic mass is 10.2. The minimum absolute atomic E-state index is 0.0819. The Bertz CT molecular complexity index is 449. The number of rotatable bonds is 2. The molecule has 1 aromatic heterocycles. The molecule has 0 radical (unpaired) electrons. The summed E-state index contributed by atoms with van der Waals surface area (Å²) in [6.07, 6.45) is -4.59. The highest BCUT2D eigenvalue weighted by Gasteiger charge is 2.35. The van der Waals surface area contributed by atoms with E-state index in [-0.39, 0.29) is 18.0 Å². The van der Waals surface area contributed by atoms with Crippen LogP contribution in [-0.4, -0.2) is 17.6 Å². The molecule has 0 fully saturated rings. The van der Waals surface area contributed by atoms with Gasteiger partial charge in [0.05, 0.1) is 17.9 Å². The zero-order valence-electron chi connectivity index (χ0n) is 8.64. The van der Waals surface area contributed by atoms with Crippen LogP contribution in [0.2, 0.25) is 0 Å². The van der Waals surface area contributed by atoms with Crippen LogP contribution in [0.15, 0.2) is 10.7 Å². The molecule has 8 heteroatoms. The zero-order chi connectivity index (χ0) is 13.2. The molecule has 0 aliphatic heterocycles. The molecule has 1 heterocycles. The van der Waals surface area contributed by atoms with Crippen LogP contribution < -0.4 is 5.73 Å². The maximum Gasteiger partial charge on any atom is 0.419 e. The molecule has 0 aliphatic carbocycles. The van der Waals surface area contributed by atoms with Gasteiger partial charge in [-0.2, -0.15) is 13.2 Å². The molecule has 17 heavy (non-hydrogen) atoms. The summed E-state index contributed by atoms with van der Waals surface area (Å²) in [7, 11) is 0. The van der Waals surface area contributed by atoms with Crippen LogP contribution in [-0.2, 0) is 10.9 Å². The van der Waals surface area contributed by atoms with E-state index >= 15 is 0 Å². The van der Waals surface area contributed by atoms with Crippen molar-refractivity contribution < 1.29 is 22.7 Å². The molecule has 4 nitrogen and oxygen atoms in total. The van der Waals surface area contributed by atoms with E-state index in [1.165, 1.54) is 0 Å². The van der Waals surface area contributed by atoms with Gasteiger partial charge in [0.1, 0.15) is 4.60 Å². The van der Waals surface area contributed by atoms with Gasteiger partial charge in [0.15, 0.2) is 5.69 Å². The number of carbonyl (C=O) groups is 1. The third kappa shape index (κ3) is 3.09. The number of aromatic nitrogens is 1. The SMILES string of the molecule is CCOC(=O)c1nc(Br)c(C(F)(F)F)cc1N. The quantitative estimate of drug-likeness (QED) is 0.673. The predicted molar refractivity (Wildman–Crippen MR) is 57.3 cm³/mol. The average molecular weight is 313 g/mol. The third-order valence-electron chi connectivity index (χ3n) is 1.78. The molecule has 0 atom stereocenters. The van der Waals surface area contributed by atoms with Gasteiger partial charge >= 0.3 is 12.1 Å². The maximum absolute atomic E-state index is 12.5. The largest absolute Gasteiger partial charge is 0.461 e. The van der Waals surface area contributed by atoms with Crippen molar-refractivity contribution in [2.45, 2.75) is 13.1 Å². The van der Waals surface area contributed by atoms with E-state index in [2.05, 4.69) is 25.7 Å². The fraction of sp³-hybridized carbons (Fsp3) is 0.333. The number of alkyl halides is 3. The van der Waals surface area contributed by atoms with Gasteiger partial charge in [-0.1, -0.05) is 0 Å². The smallest absolute Gasteiger partial charge is 0.419 e.